The number of hydrogen-bond acceptors (Lipinski definition) is 2. The quantitative estimate of drug-likeness (QED) is 0.678. The zero-order valence-corrected chi connectivity index (χ0v) is 7.60. The molecule has 0 N–H and O–H groups in total. The van der Waals surface area contributed by atoms with Crippen LogP contribution in [0, 0.1) is 0 Å². The third kappa shape index (κ3) is 7.91. The van der Waals surface area contributed by atoms with Crippen molar-refractivity contribution in [3.05, 3.63) is 0 Å². The van der Waals surface area contributed by atoms with Crippen molar-refractivity contribution in [1.29, 1.82) is 0 Å². The Balaban J connectivity index is 3.37. The number of Topliss-reactive ketones (excluding diaryl/α,β-unsaturated/α-hetero) is 1. The van der Waals surface area contributed by atoms with Crippen LogP contribution in [0.2, 0.25) is 0 Å². The van der Waals surface area contributed by atoms with Crippen molar-refractivity contribution in [2.24, 2.45) is 0 Å². The molecule has 0 aliphatic heterocycles. The number of hydrogen-bond donors (Lipinski definition) is 0. The molecule has 0 aromatic carbocycles. The summed E-state index contributed by atoms with van der Waals surface area (Å²) >= 11 is 1.34. The summed E-state index contributed by atoms with van der Waals surface area (Å²) in [5, 5.41) is 0. The molecule has 0 saturated heterocycles. The van der Waals surface area contributed by atoms with Gasteiger partial charge in [-0.05, 0) is 12.7 Å². The first-order chi connectivity index (χ1) is 5.45. The van der Waals surface area contributed by atoms with Crippen LogP contribution in [-0.2, 0) is 4.79 Å². The Morgan fingerprint density at radius 2 is 2.00 bits per heavy atom. The average molecular weight is 200 g/mol. The molecule has 0 radical (unpaired) electrons. The van der Waals surface area contributed by atoms with Crippen molar-refractivity contribution >= 4 is 17.5 Å². The van der Waals surface area contributed by atoms with Gasteiger partial charge in [0, 0.05) is 12.8 Å². The Morgan fingerprint density at radius 1 is 1.42 bits per heavy atom. The molecule has 0 heterocycles. The third-order valence-electron chi connectivity index (χ3n) is 1.22. The summed E-state index contributed by atoms with van der Waals surface area (Å²) in [6.45, 7) is 0. The van der Waals surface area contributed by atoms with E-state index < -0.39 is 12.6 Å². The molecular weight excluding hydrogens is 189 g/mol. The van der Waals surface area contributed by atoms with E-state index in [1.54, 1.807) is 6.26 Å². The Hall–Kier alpha value is -0.190. The summed E-state index contributed by atoms with van der Waals surface area (Å²) in [6, 6.07) is 0. The minimum absolute atomic E-state index is 0.0420. The van der Waals surface area contributed by atoms with E-state index in [4.69, 9.17) is 0 Å². The fourth-order valence-corrected chi connectivity index (χ4v) is 1.19. The van der Waals surface area contributed by atoms with Gasteiger partial charge in [-0.1, -0.05) is 0 Å². The van der Waals surface area contributed by atoms with Gasteiger partial charge >= 0.3 is 6.18 Å². The van der Waals surface area contributed by atoms with Gasteiger partial charge in [-0.15, -0.1) is 0 Å². The van der Waals surface area contributed by atoms with Crippen LogP contribution >= 0.6 is 11.8 Å². The number of alkyl halides is 3. The molecule has 0 aliphatic carbocycles. The second-order valence-corrected chi connectivity index (χ2v) is 3.31. The van der Waals surface area contributed by atoms with Crippen LogP contribution in [0.15, 0.2) is 0 Å². The Bertz CT molecular complexity index is 144. The topological polar surface area (TPSA) is 17.1 Å². The number of rotatable bonds is 5. The summed E-state index contributed by atoms with van der Waals surface area (Å²) in [5.74, 6) is 0.212. The Labute approximate surface area is 73.7 Å². The van der Waals surface area contributed by atoms with Gasteiger partial charge in [-0.2, -0.15) is 24.9 Å². The van der Waals surface area contributed by atoms with Crippen LogP contribution in [0.1, 0.15) is 19.3 Å². The van der Waals surface area contributed by atoms with Gasteiger partial charge in [-0.25, -0.2) is 0 Å². The second-order valence-electron chi connectivity index (χ2n) is 2.44. The lowest BCUT2D eigenvalue weighted by Crippen LogP contribution is -2.09. The summed E-state index contributed by atoms with van der Waals surface area (Å²) in [7, 11) is 0. The fraction of sp³-hybridized carbons (Fsp3) is 0.857. The van der Waals surface area contributed by atoms with Crippen molar-refractivity contribution in [2.45, 2.75) is 25.4 Å². The monoisotopic (exact) mass is 200 g/mol. The number of halogens is 3. The van der Waals surface area contributed by atoms with Crippen molar-refractivity contribution in [3.8, 4) is 0 Å². The SMILES string of the molecule is CSCC(=O)CCCC(F)(F)F. The van der Waals surface area contributed by atoms with Gasteiger partial charge in [0.25, 0.3) is 0 Å². The average Bonchev–Trinajstić information content (AvgIpc) is 1.84. The van der Waals surface area contributed by atoms with Crippen LogP contribution in [-0.4, -0.2) is 24.0 Å². The van der Waals surface area contributed by atoms with Crippen molar-refractivity contribution in [1.82, 2.24) is 0 Å². The molecule has 0 saturated carbocycles. The number of carbonyl (C=O) groups excluding carboxylic acids is 1. The molecule has 0 spiro atoms. The van der Waals surface area contributed by atoms with Gasteiger partial charge in [0.15, 0.2) is 0 Å². The molecule has 0 aromatic heterocycles. The highest BCUT2D eigenvalue weighted by atomic mass is 32.2. The lowest BCUT2D eigenvalue weighted by Gasteiger charge is -2.04. The van der Waals surface area contributed by atoms with Gasteiger partial charge in [0.1, 0.15) is 5.78 Å². The van der Waals surface area contributed by atoms with Crippen molar-refractivity contribution in [2.75, 3.05) is 12.0 Å². The van der Waals surface area contributed by atoms with E-state index in [1.165, 1.54) is 11.8 Å². The summed E-state index contributed by atoms with van der Waals surface area (Å²) < 4.78 is 34.7. The maximum absolute atomic E-state index is 11.6. The maximum Gasteiger partial charge on any atom is 0.389 e. The van der Waals surface area contributed by atoms with E-state index in [0.717, 1.165) is 0 Å². The predicted molar refractivity (Wildman–Crippen MR) is 43.3 cm³/mol. The molecule has 0 fully saturated rings. The molecule has 72 valence electrons. The zero-order chi connectivity index (χ0) is 9.61. The van der Waals surface area contributed by atoms with Crippen LogP contribution in [0.3, 0.4) is 0 Å². The molecule has 0 amide bonds. The Kier molecular flexibility index (Phi) is 5.37. The molecule has 1 nitrogen and oxygen atoms in total. The molecule has 0 aliphatic rings. The minimum atomic E-state index is -4.13. The van der Waals surface area contributed by atoms with Gasteiger partial charge in [0.2, 0.25) is 0 Å². The molecule has 12 heavy (non-hydrogen) atoms. The summed E-state index contributed by atoms with van der Waals surface area (Å²) in [6.07, 6.45) is -3.27. The highest BCUT2D eigenvalue weighted by Gasteiger charge is 2.26. The van der Waals surface area contributed by atoms with E-state index in [9.17, 15) is 18.0 Å². The molecule has 0 bridgehead atoms. The highest BCUT2D eigenvalue weighted by Crippen LogP contribution is 2.22. The first kappa shape index (κ1) is 11.8. The van der Waals surface area contributed by atoms with E-state index in [1.807, 2.05) is 0 Å². The van der Waals surface area contributed by atoms with Gasteiger partial charge in [-0.3, -0.25) is 4.79 Å². The zero-order valence-electron chi connectivity index (χ0n) is 6.78. The second kappa shape index (κ2) is 5.45. The smallest absolute Gasteiger partial charge is 0.299 e. The first-order valence-corrected chi connectivity index (χ1v) is 4.92. The molecular formula is C7H11F3OS. The minimum Gasteiger partial charge on any atom is -0.299 e. The third-order valence-corrected chi connectivity index (χ3v) is 1.83. The van der Waals surface area contributed by atoms with Crippen LogP contribution in [0.5, 0.6) is 0 Å². The standard InChI is InChI=1S/C7H11F3OS/c1-12-5-6(11)3-2-4-7(8,9)10/h2-5H2,1H3. The van der Waals surface area contributed by atoms with Crippen LogP contribution in [0.25, 0.3) is 0 Å². The fourth-order valence-electron chi connectivity index (χ4n) is 0.719. The van der Waals surface area contributed by atoms with E-state index in [-0.39, 0.29) is 18.6 Å². The summed E-state index contributed by atoms with van der Waals surface area (Å²) in [5.41, 5.74) is 0. The Morgan fingerprint density at radius 3 is 2.42 bits per heavy atom. The van der Waals surface area contributed by atoms with Crippen molar-refractivity contribution in [3.63, 3.8) is 0 Å². The summed E-state index contributed by atoms with van der Waals surface area (Å²) in [4.78, 5) is 10.7. The lowest BCUT2D eigenvalue weighted by molar-refractivity contribution is -0.136. The molecule has 5 heteroatoms. The largest absolute Gasteiger partial charge is 0.389 e. The first-order valence-electron chi connectivity index (χ1n) is 3.53. The van der Waals surface area contributed by atoms with E-state index in [2.05, 4.69) is 0 Å². The highest BCUT2D eigenvalue weighted by molar-refractivity contribution is 7.99. The lowest BCUT2D eigenvalue weighted by atomic mass is 10.2. The van der Waals surface area contributed by atoms with Gasteiger partial charge < -0.3 is 0 Å². The molecule has 0 aromatic rings. The van der Waals surface area contributed by atoms with Crippen LogP contribution < -0.4 is 0 Å². The number of thioether (sulfide) groups is 1. The number of ketones is 1. The van der Waals surface area contributed by atoms with E-state index in [0.29, 0.717) is 5.75 Å². The number of carbonyl (C=O) groups is 1. The molecule has 0 rings (SSSR count). The van der Waals surface area contributed by atoms with Gasteiger partial charge in [0.05, 0.1) is 5.75 Å². The molecule has 0 unspecified atom stereocenters. The maximum atomic E-state index is 11.6. The van der Waals surface area contributed by atoms with E-state index >= 15 is 0 Å². The van der Waals surface area contributed by atoms with Crippen molar-refractivity contribution < 1.29 is 18.0 Å². The normalized spacial score (nSPS) is 11.7. The predicted octanol–water partition coefficient (Wildman–Crippen LogP) is 2.65. The van der Waals surface area contributed by atoms with Crippen LogP contribution in [0.4, 0.5) is 13.2 Å². The molecule has 0 atom stereocenters.